The van der Waals surface area contributed by atoms with Gasteiger partial charge in [0, 0.05) is 23.6 Å². The minimum Gasteiger partial charge on any atom is -0.427 e. The van der Waals surface area contributed by atoms with Gasteiger partial charge in [-0.3, -0.25) is 0 Å². The molecule has 0 unspecified atom stereocenters. The fraction of sp³-hybridized carbons (Fsp3) is 0.125. The maximum Gasteiger partial charge on any atom is 0.343 e. The predicted octanol–water partition coefficient (Wildman–Crippen LogP) is 4.57. The number of ether oxygens (including phenoxy) is 3. The Labute approximate surface area is 175 Å². The Morgan fingerprint density at radius 3 is 2.23 bits per heavy atom. The van der Waals surface area contributed by atoms with Crippen molar-refractivity contribution >= 4 is 23.5 Å². The van der Waals surface area contributed by atoms with Gasteiger partial charge >= 0.3 is 17.9 Å². The van der Waals surface area contributed by atoms with E-state index in [2.05, 4.69) is 19.7 Å². The highest BCUT2D eigenvalue weighted by Gasteiger charge is 2.21. The molecular formula is C24H22O6. The summed E-state index contributed by atoms with van der Waals surface area (Å²) in [6, 6.07) is 6.47. The Morgan fingerprint density at radius 1 is 1.07 bits per heavy atom. The SMILES string of the molecule is C=C/C=C(\C=C1/CC=C(c2ccc(OC(=O)C(=C)C)cc2)C(=O)O1)OC(=O)C(=C)C. The molecule has 1 aliphatic rings. The standard InChI is InChI=1S/C24H22O6/c1-6-7-19(29-23(26)16(4)5)14-20-12-13-21(24(27)30-20)17-8-10-18(11-9-17)28-22(25)15(2)3/h6-11,13-14H,1-2,4,12H2,3,5H3/b19-7+,20-14+. The molecule has 0 spiro atoms. The fourth-order valence-electron chi connectivity index (χ4n) is 2.30. The van der Waals surface area contributed by atoms with Gasteiger partial charge in [-0.1, -0.05) is 44.0 Å². The van der Waals surface area contributed by atoms with Crippen LogP contribution in [0.1, 0.15) is 25.8 Å². The van der Waals surface area contributed by atoms with Crippen LogP contribution in [0.25, 0.3) is 5.57 Å². The van der Waals surface area contributed by atoms with E-state index in [-0.39, 0.29) is 16.9 Å². The zero-order valence-electron chi connectivity index (χ0n) is 16.9. The summed E-state index contributed by atoms with van der Waals surface area (Å²) < 4.78 is 15.7. The summed E-state index contributed by atoms with van der Waals surface area (Å²) in [5.74, 6) is -0.825. The second-order valence-electron chi connectivity index (χ2n) is 6.49. The van der Waals surface area contributed by atoms with Crippen molar-refractivity contribution in [2.45, 2.75) is 20.3 Å². The van der Waals surface area contributed by atoms with Crippen LogP contribution in [0.2, 0.25) is 0 Å². The van der Waals surface area contributed by atoms with Crippen molar-refractivity contribution in [2.75, 3.05) is 0 Å². The summed E-state index contributed by atoms with van der Waals surface area (Å²) in [7, 11) is 0. The Balaban J connectivity index is 2.16. The lowest BCUT2D eigenvalue weighted by molar-refractivity contribution is -0.134. The van der Waals surface area contributed by atoms with E-state index in [0.29, 0.717) is 29.1 Å². The van der Waals surface area contributed by atoms with Gasteiger partial charge in [0.05, 0.1) is 5.57 Å². The van der Waals surface area contributed by atoms with Crippen LogP contribution in [0.3, 0.4) is 0 Å². The third-order valence-corrected chi connectivity index (χ3v) is 3.82. The molecule has 6 heteroatoms. The van der Waals surface area contributed by atoms with Crippen LogP contribution in [0.5, 0.6) is 5.75 Å². The van der Waals surface area contributed by atoms with E-state index in [4.69, 9.17) is 14.2 Å². The number of benzene rings is 1. The lowest BCUT2D eigenvalue weighted by Crippen LogP contribution is -2.13. The summed E-state index contributed by atoms with van der Waals surface area (Å²) >= 11 is 0. The Hall–Kier alpha value is -3.93. The molecule has 0 aromatic heterocycles. The third kappa shape index (κ3) is 6.04. The molecule has 1 heterocycles. The average Bonchev–Trinajstić information content (AvgIpc) is 2.69. The molecule has 154 valence electrons. The van der Waals surface area contributed by atoms with E-state index >= 15 is 0 Å². The zero-order chi connectivity index (χ0) is 22.3. The number of cyclic esters (lactones) is 1. The summed E-state index contributed by atoms with van der Waals surface area (Å²) in [6.45, 7) is 13.7. The van der Waals surface area contributed by atoms with Crippen molar-refractivity contribution in [2.24, 2.45) is 0 Å². The molecule has 0 N–H and O–H groups in total. The molecule has 0 radical (unpaired) electrons. The van der Waals surface area contributed by atoms with E-state index in [1.54, 1.807) is 37.3 Å². The molecule has 6 nitrogen and oxygen atoms in total. The van der Waals surface area contributed by atoms with E-state index < -0.39 is 17.9 Å². The van der Waals surface area contributed by atoms with Crippen LogP contribution in [0.4, 0.5) is 0 Å². The van der Waals surface area contributed by atoms with Gasteiger partial charge in [0.15, 0.2) is 0 Å². The average molecular weight is 406 g/mol. The molecule has 0 atom stereocenters. The molecular weight excluding hydrogens is 384 g/mol. The number of hydrogen-bond acceptors (Lipinski definition) is 6. The monoisotopic (exact) mass is 406 g/mol. The van der Waals surface area contributed by atoms with Gasteiger partial charge in [0.1, 0.15) is 17.3 Å². The molecule has 0 fully saturated rings. The number of rotatable bonds is 7. The van der Waals surface area contributed by atoms with Crippen LogP contribution in [-0.4, -0.2) is 17.9 Å². The maximum atomic E-state index is 12.4. The Bertz CT molecular complexity index is 1000. The molecule has 1 aromatic rings. The van der Waals surface area contributed by atoms with Gasteiger partial charge in [0.2, 0.25) is 0 Å². The number of carbonyl (C=O) groups is 3. The van der Waals surface area contributed by atoms with Gasteiger partial charge in [-0.05, 0) is 37.6 Å². The minimum atomic E-state index is -0.592. The highest BCUT2D eigenvalue weighted by Crippen LogP contribution is 2.27. The van der Waals surface area contributed by atoms with Crippen molar-refractivity contribution < 1.29 is 28.6 Å². The first-order valence-corrected chi connectivity index (χ1v) is 9.02. The highest BCUT2D eigenvalue weighted by molar-refractivity contribution is 6.17. The van der Waals surface area contributed by atoms with Crippen molar-refractivity contribution in [3.63, 3.8) is 0 Å². The van der Waals surface area contributed by atoms with Gasteiger partial charge in [-0.15, -0.1) is 0 Å². The van der Waals surface area contributed by atoms with Crippen molar-refractivity contribution in [3.05, 3.63) is 96.5 Å². The molecule has 0 amide bonds. The van der Waals surface area contributed by atoms with E-state index in [1.807, 2.05) is 0 Å². The number of allylic oxidation sites excluding steroid dienone is 4. The van der Waals surface area contributed by atoms with Crippen molar-refractivity contribution in [1.82, 2.24) is 0 Å². The lowest BCUT2D eigenvalue weighted by atomic mass is 10.0. The van der Waals surface area contributed by atoms with Gasteiger partial charge < -0.3 is 14.2 Å². The van der Waals surface area contributed by atoms with E-state index in [9.17, 15) is 14.4 Å². The van der Waals surface area contributed by atoms with Crippen LogP contribution in [0.15, 0.2) is 91.0 Å². The molecule has 1 aromatic carbocycles. The molecule has 0 saturated heterocycles. The predicted molar refractivity (Wildman–Crippen MR) is 113 cm³/mol. The number of esters is 3. The van der Waals surface area contributed by atoms with Crippen LogP contribution < -0.4 is 4.74 Å². The first kappa shape index (κ1) is 22.4. The normalized spacial score (nSPS) is 15.0. The second kappa shape index (κ2) is 10.0. The summed E-state index contributed by atoms with van der Waals surface area (Å²) in [5.41, 5.74) is 1.52. The van der Waals surface area contributed by atoms with Crippen molar-refractivity contribution in [3.8, 4) is 5.75 Å². The quantitative estimate of drug-likeness (QED) is 0.217. The first-order valence-electron chi connectivity index (χ1n) is 9.02. The summed E-state index contributed by atoms with van der Waals surface area (Å²) in [5, 5.41) is 0. The number of hydrogen-bond donors (Lipinski definition) is 0. The van der Waals surface area contributed by atoms with E-state index in [1.165, 1.54) is 25.2 Å². The van der Waals surface area contributed by atoms with Gasteiger partial charge in [-0.25, -0.2) is 14.4 Å². The molecule has 0 bridgehead atoms. The van der Waals surface area contributed by atoms with Crippen molar-refractivity contribution in [1.29, 1.82) is 0 Å². The first-order chi connectivity index (χ1) is 14.2. The molecule has 1 aliphatic heterocycles. The Kier molecular flexibility index (Phi) is 7.47. The molecule has 0 aliphatic carbocycles. The summed E-state index contributed by atoms with van der Waals surface area (Å²) in [6.07, 6.45) is 6.40. The largest absolute Gasteiger partial charge is 0.427 e. The second-order valence-corrected chi connectivity index (χ2v) is 6.49. The minimum absolute atomic E-state index is 0.182. The van der Waals surface area contributed by atoms with Crippen LogP contribution >= 0.6 is 0 Å². The maximum absolute atomic E-state index is 12.4. The zero-order valence-corrected chi connectivity index (χ0v) is 16.9. The van der Waals surface area contributed by atoms with Crippen LogP contribution in [-0.2, 0) is 23.9 Å². The van der Waals surface area contributed by atoms with Gasteiger partial charge in [-0.2, -0.15) is 0 Å². The van der Waals surface area contributed by atoms with E-state index in [0.717, 1.165) is 0 Å². The van der Waals surface area contributed by atoms with Crippen LogP contribution in [0, 0.1) is 0 Å². The molecule has 0 saturated carbocycles. The number of carbonyl (C=O) groups excluding carboxylic acids is 3. The van der Waals surface area contributed by atoms with Gasteiger partial charge in [0.25, 0.3) is 0 Å². The smallest absolute Gasteiger partial charge is 0.343 e. The highest BCUT2D eigenvalue weighted by atomic mass is 16.6. The third-order valence-electron chi connectivity index (χ3n) is 3.82. The topological polar surface area (TPSA) is 78.9 Å². The molecule has 30 heavy (non-hydrogen) atoms. The fourth-order valence-corrected chi connectivity index (χ4v) is 2.30. The lowest BCUT2D eigenvalue weighted by Gasteiger charge is -2.16. The Morgan fingerprint density at radius 2 is 1.70 bits per heavy atom. The summed E-state index contributed by atoms with van der Waals surface area (Å²) in [4.78, 5) is 35.7. The molecule has 2 rings (SSSR count).